The summed E-state index contributed by atoms with van der Waals surface area (Å²) in [5.74, 6) is 0.336. The summed E-state index contributed by atoms with van der Waals surface area (Å²) < 4.78 is 0. The Morgan fingerprint density at radius 2 is 1.80 bits per heavy atom. The Kier molecular flexibility index (Phi) is 4.09. The lowest BCUT2D eigenvalue weighted by Gasteiger charge is -2.11. The molecule has 0 unspecified atom stereocenters. The normalized spacial score (nSPS) is 10.7. The Hall–Kier alpha value is -3.26. The zero-order valence-electron chi connectivity index (χ0n) is 13.2. The molecule has 2 aromatic carbocycles. The molecule has 0 aliphatic rings. The van der Waals surface area contributed by atoms with E-state index in [1.807, 2.05) is 54.6 Å². The van der Waals surface area contributed by atoms with Crippen LogP contribution in [0.4, 0.5) is 5.95 Å². The number of rotatable bonds is 4. The molecular weight excluding hydrogens is 334 g/mol. The molecule has 0 saturated carbocycles. The molecule has 4 N–H and O–H groups in total. The number of nitrogens with one attached hydrogen (secondary N) is 4. The highest BCUT2D eigenvalue weighted by molar-refractivity contribution is 7.80. The number of benzene rings is 2. The van der Waals surface area contributed by atoms with Gasteiger partial charge in [0.15, 0.2) is 10.8 Å². The molecule has 0 saturated heterocycles. The maximum atomic E-state index is 5.23. The number of nitrogens with zero attached hydrogens (tertiary/aromatic N) is 3. The van der Waals surface area contributed by atoms with Crippen LogP contribution < -0.4 is 16.2 Å². The van der Waals surface area contributed by atoms with Gasteiger partial charge in [-0.15, -0.1) is 10.2 Å². The Bertz CT molecular complexity index is 1030. The van der Waals surface area contributed by atoms with Gasteiger partial charge in [0.05, 0.1) is 0 Å². The number of hydrogen-bond acceptors (Lipinski definition) is 5. The summed E-state index contributed by atoms with van der Waals surface area (Å²) in [5.41, 5.74) is 9.25. The highest BCUT2D eigenvalue weighted by Crippen LogP contribution is 2.21. The van der Waals surface area contributed by atoms with Crippen LogP contribution in [0, 0.1) is 0 Å². The predicted octanol–water partition coefficient (Wildman–Crippen LogP) is 2.50. The third kappa shape index (κ3) is 3.33. The minimum Gasteiger partial charge on any atom is -0.357 e. The summed E-state index contributed by atoms with van der Waals surface area (Å²) in [4.78, 5) is 7.64. The van der Waals surface area contributed by atoms with Gasteiger partial charge >= 0.3 is 0 Å². The second kappa shape index (κ2) is 6.70. The fourth-order valence-electron chi connectivity index (χ4n) is 2.51. The molecule has 25 heavy (non-hydrogen) atoms. The van der Waals surface area contributed by atoms with Gasteiger partial charge in [0.2, 0.25) is 0 Å². The fourth-order valence-corrected chi connectivity index (χ4v) is 2.63. The van der Waals surface area contributed by atoms with Gasteiger partial charge in [-0.1, -0.05) is 48.5 Å². The summed E-state index contributed by atoms with van der Waals surface area (Å²) in [7, 11) is 0. The Balaban J connectivity index is 1.40. The monoisotopic (exact) mass is 349 g/mol. The fraction of sp³-hybridized carbons (Fsp3) is 0.0588. The first-order chi connectivity index (χ1) is 12.3. The quantitative estimate of drug-likeness (QED) is 0.332. The van der Waals surface area contributed by atoms with E-state index in [9.17, 15) is 0 Å². The minimum atomic E-state index is 0.336. The number of hydrogen-bond donors (Lipinski definition) is 4. The van der Waals surface area contributed by atoms with E-state index in [1.54, 1.807) is 0 Å². The summed E-state index contributed by atoms with van der Waals surface area (Å²) >= 11 is 5.23. The molecule has 0 spiro atoms. The van der Waals surface area contributed by atoms with Gasteiger partial charge in [0.25, 0.3) is 5.95 Å². The Morgan fingerprint density at radius 1 is 1.00 bits per heavy atom. The van der Waals surface area contributed by atoms with Crippen LogP contribution in [0.2, 0.25) is 0 Å². The highest BCUT2D eigenvalue weighted by atomic mass is 32.1. The molecule has 8 heteroatoms. The highest BCUT2D eigenvalue weighted by Gasteiger charge is 2.08. The first-order valence-electron chi connectivity index (χ1n) is 7.74. The molecule has 0 atom stereocenters. The van der Waals surface area contributed by atoms with Crippen molar-refractivity contribution < 1.29 is 0 Å². The number of anilines is 1. The molecule has 0 radical (unpaired) electrons. The SMILES string of the molecule is S=C(NCc1ccccc1)NNc1nnc2c(n1)[nH]c1ccccc12. The van der Waals surface area contributed by atoms with Crippen molar-refractivity contribution in [2.45, 2.75) is 6.54 Å². The number of H-pyrrole nitrogens is 1. The number of aromatic nitrogens is 4. The van der Waals surface area contributed by atoms with E-state index in [0.717, 1.165) is 22.0 Å². The molecule has 0 aliphatic carbocycles. The van der Waals surface area contributed by atoms with Gasteiger partial charge in [0.1, 0.15) is 5.52 Å². The molecule has 0 fully saturated rings. The van der Waals surface area contributed by atoms with Gasteiger partial charge in [-0.05, 0) is 23.8 Å². The molecule has 124 valence electrons. The standard InChI is InChI=1S/C17H15N7S/c25-17(18-10-11-6-2-1-3-7-11)24-23-16-20-15-14(21-22-16)12-8-4-5-9-13(12)19-15/h1-9H,10H2,(H2,18,24,25)(H2,19,20,22,23). The van der Waals surface area contributed by atoms with Crippen LogP contribution in [0.1, 0.15) is 5.56 Å². The topological polar surface area (TPSA) is 90.5 Å². The van der Waals surface area contributed by atoms with E-state index in [4.69, 9.17) is 12.2 Å². The zero-order valence-corrected chi connectivity index (χ0v) is 14.0. The maximum absolute atomic E-state index is 5.23. The molecule has 0 bridgehead atoms. The molecule has 0 amide bonds. The lowest BCUT2D eigenvalue weighted by Crippen LogP contribution is -2.38. The molecule has 4 rings (SSSR count). The van der Waals surface area contributed by atoms with Gasteiger partial charge < -0.3 is 10.3 Å². The van der Waals surface area contributed by atoms with Crippen LogP contribution >= 0.6 is 12.2 Å². The Labute approximate surface area is 148 Å². The van der Waals surface area contributed by atoms with Crippen molar-refractivity contribution in [3.63, 3.8) is 0 Å². The summed E-state index contributed by atoms with van der Waals surface area (Å²) in [6, 6.07) is 17.9. The third-order valence-electron chi connectivity index (χ3n) is 3.71. The maximum Gasteiger partial charge on any atom is 0.263 e. The van der Waals surface area contributed by atoms with Crippen molar-refractivity contribution in [1.82, 2.24) is 30.9 Å². The number of para-hydroxylation sites is 1. The third-order valence-corrected chi connectivity index (χ3v) is 3.95. The van der Waals surface area contributed by atoms with Crippen molar-refractivity contribution >= 4 is 45.3 Å². The van der Waals surface area contributed by atoms with E-state index in [0.29, 0.717) is 23.3 Å². The van der Waals surface area contributed by atoms with Gasteiger partial charge in [-0.2, -0.15) is 4.98 Å². The van der Waals surface area contributed by atoms with Crippen molar-refractivity contribution in [3.05, 3.63) is 60.2 Å². The van der Waals surface area contributed by atoms with E-state index in [-0.39, 0.29) is 0 Å². The van der Waals surface area contributed by atoms with Crippen LogP contribution in [-0.4, -0.2) is 25.3 Å². The lowest BCUT2D eigenvalue weighted by molar-refractivity contribution is 0.874. The van der Waals surface area contributed by atoms with Crippen molar-refractivity contribution in [3.8, 4) is 0 Å². The van der Waals surface area contributed by atoms with E-state index < -0.39 is 0 Å². The summed E-state index contributed by atoms with van der Waals surface area (Å²) in [6.07, 6.45) is 0. The van der Waals surface area contributed by atoms with Crippen LogP contribution in [-0.2, 0) is 6.54 Å². The molecule has 7 nitrogen and oxygen atoms in total. The average molecular weight is 349 g/mol. The first kappa shape index (κ1) is 15.3. The number of thiocarbonyl (C=S) groups is 1. The molecule has 2 heterocycles. The Morgan fingerprint density at radius 3 is 2.68 bits per heavy atom. The second-order valence-corrected chi connectivity index (χ2v) is 5.83. The van der Waals surface area contributed by atoms with Crippen LogP contribution in [0.15, 0.2) is 54.6 Å². The smallest absolute Gasteiger partial charge is 0.263 e. The van der Waals surface area contributed by atoms with E-state index in [1.165, 1.54) is 0 Å². The van der Waals surface area contributed by atoms with Crippen molar-refractivity contribution in [1.29, 1.82) is 0 Å². The van der Waals surface area contributed by atoms with Gasteiger partial charge in [-0.25, -0.2) is 0 Å². The minimum absolute atomic E-state index is 0.336. The average Bonchev–Trinajstić information content (AvgIpc) is 3.03. The van der Waals surface area contributed by atoms with Gasteiger partial charge in [-0.3, -0.25) is 10.9 Å². The lowest BCUT2D eigenvalue weighted by atomic mass is 10.2. The molecule has 4 aromatic rings. The molecule has 0 aliphatic heterocycles. The van der Waals surface area contributed by atoms with Crippen molar-refractivity contribution in [2.75, 3.05) is 5.43 Å². The van der Waals surface area contributed by atoms with Crippen LogP contribution in [0.3, 0.4) is 0 Å². The van der Waals surface area contributed by atoms with Crippen LogP contribution in [0.25, 0.3) is 22.1 Å². The van der Waals surface area contributed by atoms with Gasteiger partial charge in [0, 0.05) is 17.4 Å². The summed E-state index contributed by atoms with van der Waals surface area (Å²) in [6.45, 7) is 0.633. The van der Waals surface area contributed by atoms with Crippen molar-refractivity contribution in [2.24, 2.45) is 0 Å². The number of aromatic amines is 1. The zero-order chi connectivity index (χ0) is 17.1. The predicted molar refractivity (Wildman–Crippen MR) is 102 cm³/mol. The first-order valence-corrected chi connectivity index (χ1v) is 8.15. The summed E-state index contributed by atoms with van der Waals surface area (Å²) in [5, 5.41) is 12.9. The molecular formula is C17H15N7S. The second-order valence-electron chi connectivity index (χ2n) is 5.42. The van der Waals surface area contributed by atoms with Crippen LogP contribution in [0.5, 0.6) is 0 Å². The largest absolute Gasteiger partial charge is 0.357 e. The number of hydrazine groups is 1. The van der Waals surface area contributed by atoms with E-state index in [2.05, 4.69) is 36.3 Å². The molecule has 2 aromatic heterocycles. The van der Waals surface area contributed by atoms with E-state index >= 15 is 0 Å². The number of fused-ring (bicyclic) bond motifs is 3.